The standard InChI is InChI=1S/C12H24N2OS/c1-4-14-12(11(13)15)7-5-6-10(8-12)16-9(2)3/h9-10,14H,4-8H2,1-3H3,(H2,13,15). The van der Waals surface area contributed by atoms with Gasteiger partial charge in [0.15, 0.2) is 0 Å². The van der Waals surface area contributed by atoms with Crippen LogP contribution < -0.4 is 11.1 Å². The molecule has 2 atom stereocenters. The number of hydrogen-bond donors (Lipinski definition) is 2. The number of nitrogens with one attached hydrogen (secondary N) is 1. The molecule has 0 heterocycles. The zero-order valence-electron chi connectivity index (χ0n) is 10.6. The Morgan fingerprint density at radius 1 is 1.62 bits per heavy atom. The molecule has 0 bridgehead atoms. The number of carbonyl (C=O) groups excluding carboxylic acids is 1. The van der Waals surface area contributed by atoms with Gasteiger partial charge >= 0.3 is 0 Å². The second kappa shape index (κ2) is 5.92. The van der Waals surface area contributed by atoms with E-state index in [1.807, 2.05) is 18.7 Å². The van der Waals surface area contributed by atoms with E-state index in [1.54, 1.807) is 0 Å². The fourth-order valence-electron chi connectivity index (χ4n) is 2.54. The first kappa shape index (κ1) is 13.8. The third-order valence-corrected chi connectivity index (χ3v) is 4.49. The maximum Gasteiger partial charge on any atom is 0.237 e. The number of likely N-dealkylation sites (N-methyl/N-ethyl adjacent to an activating group) is 1. The molecule has 1 aliphatic carbocycles. The number of carbonyl (C=O) groups is 1. The zero-order valence-corrected chi connectivity index (χ0v) is 11.4. The number of thioether (sulfide) groups is 1. The van der Waals surface area contributed by atoms with Gasteiger partial charge in [0.05, 0.1) is 5.54 Å². The van der Waals surface area contributed by atoms with Crippen LogP contribution in [0.4, 0.5) is 0 Å². The molecular formula is C12H24N2OS. The van der Waals surface area contributed by atoms with Gasteiger partial charge < -0.3 is 11.1 Å². The Kier molecular flexibility index (Phi) is 5.12. The molecule has 3 N–H and O–H groups in total. The predicted octanol–water partition coefficient (Wildman–Crippen LogP) is 1.90. The van der Waals surface area contributed by atoms with Crippen LogP contribution in [0.2, 0.25) is 0 Å². The van der Waals surface area contributed by atoms with E-state index < -0.39 is 5.54 Å². The van der Waals surface area contributed by atoms with Crippen LogP contribution in [-0.4, -0.2) is 28.5 Å². The summed E-state index contributed by atoms with van der Waals surface area (Å²) >= 11 is 1.97. The van der Waals surface area contributed by atoms with E-state index in [-0.39, 0.29) is 5.91 Å². The Bertz CT molecular complexity index is 241. The average molecular weight is 244 g/mol. The Balaban J connectivity index is 2.67. The highest BCUT2D eigenvalue weighted by Crippen LogP contribution is 2.36. The van der Waals surface area contributed by atoms with Crippen LogP contribution in [0.5, 0.6) is 0 Å². The number of rotatable bonds is 5. The first-order chi connectivity index (χ1) is 7.50. The van der Waals surface area contributed by atoms with Gasteiger partial charge in [-0.2, -0.15) is 11.8 Å². The minimum absolute atomic E-state index is 0.177. The maximum atomic E-state index is 11.6. The van der Waals surface area contributed by atoms with Crippen LogP contribution in [0.15, 0.2) is 0 Å². The molecule has 1 amide bonds. The molecule has 94 valence electrons. The summed E-state index contributed by atoms with van der Waals surface area (Å²) in [7, 11) is 0. The van der Waals surface area contributed by atoms with E-state index in [0.717, 1.165) is 25.8 Å². The molecule has 1 rings (SSSR count). The summed E-state index contributed by atoms with van der Waals surface area (Å²) in [5, 5.41) is 4.50. The topological polar surface area (TPSA) is 55.1 Å². The summed E-state index contributed by atoms with van der Waals surface area (Å²) < 4.78 is 0. The van der Waals surface area contributed by atoms with E-state index in [1.165, 1.54) is 6.42 Å². The van der Waals surface area contributed by atoms with Crippen molar-refractivity contribution in [2.75, 3.05) is 6.54 Å². The van der Waals surface area contributed by atoms with Gasteiger partial charge in [-0.15, -0.1) is 0 Å². The molecule has 0 saturated heterocycles. The second-order valence-corrected chi connectivity index (χ2v) is 6.76. The summed E-state index contributed by atoms with van der Waals surface area (Å²) in [6.45, 7) is 7.25. The van der Waals surface area contributed by atoms with Crippen LogP contribution in [0.25, 0.3) is 0 Å². The van der Waals surface area contributed by atoms with Gasteiger partial charge in [-0.25, -0.2) is 0 Å². The summed E-state index contributed by atoms with van der Waals surface area (Å²) in [6.07, 6.45) is 4.09. The lowest BCUT2D eigenvalue weighted by Gasteiger charge is -2.39. The van der Waals surface area contributed by atoms with Gasteiger partial charge in [-0.1, -0.05) is 20.8 Å². The molecule has 0 aromatic heterocycles. The van der Waals surface area contributed by atoms with Crippen molar-refractivity contribution in [1.82, 2.24) is 5.32 Å². The molecule has 0 aromatic rings. The Morgan fingerprint density at radius 2 is 2.31 bits per heavy atom. The van der Waals surface area contributed by atoms with Crippen molar-refractivity contribution in [3.63, 3.8) is 0 Å². The normalized spacial score (nSPS) is 30.6. The van der Waals surface area contributed by atoms with Crippen molar-refractivity contribution >= 4 is 17.7 Å². The molecule has 0 radical (unpaired) electrons. The fraction of sp³-hybridized carbons (Fsp3) is 0.917. The highest BCUT2D eigenvalue weighted by molar-refractivity contribution is 8.00. The number of amides is 1. The predicted molar refractivity (Wildman–Crippen MR) is 70.6 cm³/mol. The van der Waals surface area contributed by atoms with Crippen molar-refractivity contribution in [2.24, 2.45) is 5.73 Å². The molecule has 4 heteroatoms. The summed E-state index contributed by atoms with van der Waals surface area (Å²) in [5.74, 6) is -0.177. The monoisotopic (exact) mass is 244 g/mol. The quantitative estimate of drug-likeness (QED) is 0.776. The molecule has 2 unspecified atom stereocenters. The summed E-state index contributed by atoms with van der Waals surface area (Å²) in [5.41, 5.74) is 5.13. The summed E-state index contributed by atoms with van der Waals surface area (Å²) in [6, 6.07) is 0. The Labute approximate surface area is 103 Å². The smallest absolute Gasteiger partial charge is 0.237 e. The number of primary amides is 1. The van der Waals surface area contributed by atoms with E-state index in [4.69, 9.17) is 5.73 Å². The molecule has 0 spiro atoms. The number of nitrogens with two attached hydrogens (primary N) is 1. The van der Waals surface area contributed by atoms with Gasteiger partial charge in [0.1, 0.15) is 0 Å². The lowest BCUT2D eigenvalue weighted by molar-refractivity contribution is -0.125. The molecule has 16 heavy (non-hydrogen) atoms. The second-order valence-electron chi connectivity index (χ2n) is 4.88. The van der Waals surface area contributed by atoms with Crippen molar-refractivity contribution in [1.29, 1.82) is 0 Å². The Hall–Kier alpha value is -0.220. The third-order valence-electron chi connectivity index (χ3n) is 3.16. The minimum Gasteiger partial charge on any atom is -0.368 e. The van der Waals surface area contributed by atoms with E-state index in [0.29, 0.717) is 10.5 Å². The summed E-state index contributed by atoms with van der Waals surface area (Å²) in [4.78, 5) is 11.6. The van der Waals surface area contributed by atoms with Crippen LogP contribution in [-0.2, 0) is 4.79 Å². The zero-order chi connectivity index (χ0) is 12.2. The van der Waals surface area contributed by atoms with E-state index in [2.05, 4.69) is 19.2 Å². The third kappa shape index (κ3) is 3.39. The van der Waals surface area contributed by atoms with Crippen molar-refractivity contribution in [3.8, 4) is 0 Å². The van der Waals surface area contributed by atoms with Crippen molar-refractivity contribution < 1.29 is 4.79 Å². The number of hydrogen-bond acceptors (Lipinski definition) is 3. The van der Waals surface area contributed by atoms with Crippen LogP contribution in [0.1, 0.15) is 46.5 Å². The van der Waals surface area contributed by atoms with Gasteiger partial charge in [-0.05, 0) is 37.5 Å². The SMILES string of the molecule is CCNC1(C(N)=O)CCCC(SC(C)C)C1. The molecule has 3 nitrogen and oxygen atoms in total. The van der Waals surface area contributed by atoms with Crippen molar-refractivity contribution in [3.05, 3.63) is 0 Å². The first-order valence-electron chi connectivity index (χ1n) is 6.20. The maximum absolute atomic E-state index is 11.6. The van der Waals surface area contributed by atoms with Crippen LogP contribution in [0, 0.1) is 0 Å². The molecule has 1 aliphatic rings. The molecule has 0 aliphatic heterocycles. The van der Waals surface area contributed by atoms with Gasteiger partial charge in [0.2, 0.25) is 5.91 Å². The lowest BCUT2D eigenvalue weighted by Crippen LogP contribution is -2.58. The van der Waals surface area contributed by atoms with Gasteiger partial charge in [0.25, 0.3) is 0 Å². The lowest BCUT2D eigenvalue weighted by atomic mass is 9.80. The van der Waals surface area contributed by atoms with E-state index >= 15 is 0 Å². The molecular weight excluding hydrogens is 220 g/mol. The van der Waals surface area contributed by atoms with Crippen LogP contribution >= 0.6 is 11.8 Å². The Morgan fingerprint density at radius 3 is 2.81 bits per heavy atom. The molecule has 1 saturated carbocycles. The van der Waals surface area contributed by atoms with Gasteiger partial charge in [-0.3, -0.25) is 4.79 Å². The average Bonchev–Trinajstić information content (AvgIpc) is 2.17. The highest BCUT2D eigenvalue weighted by Gasteiger charge is 2.40. The largest absolute Gasteiger partial charge is 0.368 e. The van der Waals surface area contributed by atoms with Gasteiger partial charge in [0, 0.05) is 5.25 Å². The van der Waals surface area contributed by atoms with Crippen LogP contribution in [0.3, 0.4) is 0 Å². The molecule has 1 fully saturated rings. The van der Waals surface area contributed by atoms with Crippen molar-refractivity contribution in [2.45, 2.75) is 62.5 Å². The highest BCUT2D eigenvalue weighted by atomic mass is 32.2. The van der Waals surface area contributed by atoms with E-state index in [9.17, 15) is 4.79 Å². The fourth-order valence-corrected chi connectivity index (χ4v) is 3.99. The molecule has 0 aromatic carbocycles. The first-order valence-corrected chi connectivity index (χ1v) is 7.15. The minimum atomic E-state index is -0.445.